The van der Waals surface area contributed by atoms with Crippen molar-refractivity contribution in [1.82, 2.24) is 25.8 Å². The summed E-state index contributed by atoms with van der Waals surface area (Å²) in [5.41, 5.74) is 1.01. The van der Waals surface area contributed by atoms with E-state index in [4.69, 9.17) is 0 Å². The van der Waals surface area contributed by atoms with Gasteiger partial charge in [0.2, 0.25) is 5.91 Å². The highest BCUT2D eigenvalue weighted by molar-refractivity contribution is 5.78. The number of nitrogens with zero attached hydrogens (tertiary/aromatic N) is 2. The predicted octanol–water partition coefficient (Wildman–Crippen LogP) is 1.13. The normalized spacial score (nSPS) is 18.1. The molecule has 116 valence electrons. The van der Waals surface area contributed by atoms with Gasteiger partial charge < -0.3 is 10.6 Å². The fourth-order valence-electron chi connectivity index (χ4n) is 2.67. The highest BCUT2D eigenvalue weighted by Crippen LogP contribution is 2.19. The maximum atomic E-state index is 11.9. The van der Waals surface area contributed by atoms with Crippen LogP contribution in [0, 0.1) is 0 Å². The fourth-order valence-corrected chi connectivity index (χ4v) is 2.67. The maximum Gasteiger partial charge on any atom is 0.224 e. The molecule has 3 N–H and O–H groups in total. The zero-order chi connectivity index (χ0) is 15.2. The van der Waals surface area contributed by atoms with E-state index in [-0.39, 0.29) is 5.91 Å². The molecule has 1 aromatic heterocycles. The minimum absolute atomic E-state index is 0.0107. The van der Waals surface area contributed by atoms with Gasteiger partial charge in [-0.1, -0.05) is 30.3 Å². The summed E-state index contributed by atoms with van der Waals surface area (Å²) in [4.78, 5) is 16.4. The first-order chi connectivity index (χ1) is 10.8. The molecule has 6 heteroatoms. The highest BCUT2D eigenvalue weighted by atomic mass is 16.1. The predicted molar refractivity (Wildman–Crippen MR) is 83.2 cm³/mol. The highest BCUT2D eigenvalue weighted by Gasteiger charge is 2.19. The lowest BCUT2D eigenvalue weighted by Gasteiger charge is -2.19. The maximum absolute atomic E-state index is 11.9. The van der Waals surface area contributed by atoms with Gasteiger partial charge in [0.1, 0.15) is 5.82 Å². The molecular weight excluding hydrogens is 278 g/mol. The second-order valence-electron chi connectivity index (χ2n) is 5.62. The Hall–Kier alpha value is -2.21. The van der Waals surface area contributed by atoms with Gasteiger partial charge in [-0.25, -0.2) is 4.98 Å². The summed E-state index contributed by atoms with van der Waals surface area (Å²) >= 11 is 0. The van der Waals surface area contributed by atoms with Crippen LogP contribution >= 0.6 is 0 Å². The molecule has 0 radical (unpaired) electrons. The first-order valence-corrected chi connectivity index (χ1v) is 7.74. The number of H-pyrrole nitrogens is 1. The number of nitrogens with one attached hydrogen (secondary N) is 3. The zero-order valence-corrected chi connectivity index (χ0v) is 12.5. The fraction of sp³-hybridized carbons (Fsp3) is 0.438. The Morgan fingerprint density at radius 2 is 2.18 bits per heavy atom. The van der Waals surface area contributed by atoms with E-state index in [2.05, 4.69) is 25.8 Å². The van der Waals surface area contributed by atoms with Gasteiger partial charge in [0, 0.05) is 12.5 Å². The van der Waals surface area contributed by atoms with Crippen LogP contribution in [0.15, 0.2) is 30.3 Å². The topological polar surface area (TPSA) is 82.7 Å². The molecule has 2 heterocycles. The first-order valence-electron chi connectivity index (χ1n) is 7.74. The molecule has 6 nitrogen and oxygen atoms in total. The van der Waals surface area contributed by atoms with Crippen molar-refractivity contribution in [2.45, 2.75) is 31.7 Å². The van der Waals surface area contributed by atoms with Crippen molar-refractivity contribution in [2.24, 2.45) is 0 Å². The third kappa shape index (κ3) is 3.92. The van der Waals surface area contributed by atoms with Crippen LogP contribution in [-0.2, 0) is 17.8 Å². The van der Waals surface area contributed by atoms with E-state index in [0.29, 0.717) is 24.7 Å². The number of carbonyl (C=O) groups is 1. The van der Waals surface area contributed by atoms with Gasteiger partial charge in [-0.05, 0) is 24.9 Å². The Morgan fingerprint density at radius 3 is 2.95 bits per heavy atom. The van der Waals surface area contributed by atoms with Crippen molar-refractivity contribution >= 4 is 5.91 Å². The molecule has 1 aromatic carbocycles. The van der Waals surface area contributed by atoms with E-state index in [9.17, 15) is 4.79 Å². The Balaban J connectivity index is 1.49. The number of hydrogen-bond acceptors (Lipinski definition) is 4. The van der Waals surface area contributed by atoms with E-state index in [1.165, 1.54) is 0 Å². The van der Waals surface area contributed by atoms with E-state index < -0.39 is 0 Å². The van der Waals surface area contributed by atoms with Crippen LogP contribution in [0.1, 0.15) is 36.0 Å². The summed E-state index contributed by atoms with van der Waals surface area (Å²) in [7, 11) is 0. The summed E-state index contributed by atoms with van der Waals surface area (Å²) in [5.74, 6) is 1.92. The van der Waals surface area contributed by atoms with E-state index in [1.807, 2.05) is 30.3 Å². The number of carbonyl (C=O) groups excluding carboxylic acids is 1. The van der Waals surface area contributed by atoms with Gasteiger partial charge >= 0.3 is 0 Å². The van der Waals surface area contributed by atoms with Crippen molar-refractivity contribution in [1.29, 1.82) is 0 Å². The standard InChI is InChI=1S/C16H21N5O/c22-15(9-12-5-2-1-3-6-12)18-11-14-19-16(21-20-14)13-7-4-8-17-10-13/h1-3,5-6,13,17H,4,7-11H2,(H,18,22)(H,19,20,21)/t13-/m1/s1. The van der Waals surface area contributed by atoms with Gasteiger partial charge in [0.25, 0.3) is 0 Å². The molecule has 1 amide bonds. The van der Waals surface area contributed by atoms with Crippen molar-refractivity contribution in [3.63, 3.8) is 0 Å². The second-order valence-corrected chi connectivity index (χ2v) is 5.62. The quantitative estimate of drug-likeness (QED) is 0.773. The number of aromatic amines is 1. The van der Waals surface area contributed by atoms with Crippen LogP contribution in [0.2, 0.25) is 0 Å². The minimum Gasteiger partial charge on any atom is -0.349 e. The number of rotatable bonds is 5. The second kappa shape index (κ2) is 7.17. The van der Waals surface area contributed by atoms with Crippen LogP contribution in [-0.4, -0.2) is 34.2 Å². The third-order valence-electron chi connectivity index (χ3n) is 3.87. The molecule has 0 saturated carbocycles. The summed E-state index contributed by atoms with van der Waals surface area (Å²) in [6, 6.07) is 9.70. The molecule has 0 aliphatic carbocycles. The lowest BCUT2D eigenvalue weighted by molar-refractivity contribution is -0.120. The number of piperidine rings is 1. The van der Waals surface area contributed by atoms with Crippen LogP contribution in [0.4, 0.5) is 0 Å². The Kier molecular flexibility index (Phi) is 4.80. The monoisotopic (exact) mass is 299 g/mol. The molecule has 1 aliphatic rings. The molecule has 1 fully saturated rings. The molecular formula is C16H21N5O. The van der Waals surface area contributed by atoms with Gasteiger partial charge in [-0.15, -0.1) is 0 Å². The molecule has 0 unspecified atom stereocenters. The molecule has 22 heavy (non-hydrogen) atoms. The van der Waals surface area contributed by atoms with Crippen LogP contribution in [0.5, 0.6) is 0 Å². The Bertz CT molecular complexity index is 604. The average molecular weight is 299 g/mol. The van der Waals surface area contributed by atoms with E-state index in [0.717, 1.165) is 37.3 Å². The number of aromatic nitrogens is 3. The molecule has 0 spiro atoms. The average Bonchev–Trinajstić information content (AvgIpc) is 3.04. The summed E-state index contributed by atoms with van der Waals surface area (Å²) in [6.07, 6.45) is 2.65. The number of benzene rings is 1. The van der Waals surface area contributed by atoms with Crippen molar-refractivity contribution in [2.75, 3.05) is 13.1 Å². The van der Waals surface area contributed by atoms with Gasteiger partial charge in [0.15, 0.2) is 5.82 Å². The molecule has 3 rings (SSSR count). The smallest absolute Gasteiger partial charge is 0.224 e. The molecule has 1 saturated heterocycles. The molecule has 1 atom stereocenters. The summed E-state index contributed by atoms with van der Waals surface area (Å²) in [6.45, 7) is 2.39. The first kappa shape index (κ1) is 14.7. The van der Waals surface area contributed by atoms with Gasteiger partial charge in [-0.3, -0.25) is 9.89 Å². The molecule has 1 aliphatic heterocycles. The largest absolute Gasteiger partial charge is 0.349 e. The third-order valence-corrected chi connectivity index (χ3v) is 3.87. The Morgan fingerprint density at radius 1 is 1.32 bits per heavy atom. The summed E-state index contributed by atoms with van der Waals surface area (Å²) < 4.78 is 0. The van der Waals surface area contributed by atoms with Crippen molar-refractivity contribution in [3.8, 4) is 0 Å². The van der Waals surface area contributed by atoms with Gasteiger partial charge in [0.05, 0.1) is 13.0 Å². The van der Waals surface area contributed by atoms with Gasteiger partial charge in [-0.2, -0.15) is 5.10 Å². The lowest BCUT2D eigenvalue weighted by atomic mass is 9.99. The Labute approximate surface area is 129 Å². The lowest BCUT2D eigenvalue weighted by Crippen LogP contribution is -2.29. The minimum atomic E-state index is -0.0107. The number of amides is 1. The zero-order valence-electron chi connectivity index (χ0n) is 12.5. The molecule has 0 bridgehead atoms. The SMILES string of the molecule is O=C(Cc1ccccc1)NCc1nc([C@@H]2CCCNC2)n[nH]1. The van der Waals surface area contributed by atoms with Crippen molar-refractivity contribution in [3.05, 3.63) is 47.5 Å². The summed E-state index contributed by atoms with van der Waals surface area (Å²) in [5, 5.41) is 13.4. The van der Waals surface area contributed by atoms with E-state index >= 15 is 0 Å². The van der Waals surface area contributed by atoms with Crippen LogP contribution in [0.25, 0.3) is 0 Å². The number of hydrogen-bond donors (Lipinski definition) is 3. The van der Waals surface area contributed by atoms with E-state index in [1.54, 1.807) is 0 Å². The molecule has 2 aromatic rings. The van der Waals surface area contributed by atoms with Crippen LogP contribution < -0.4 is 10.6 Å². The van der Waals surface area contributed by atoms with Crippen molar-refractivity contribution < 1.29 is 4.79 Å². The van der Waals surface area contributed by atoms with Crippen LogP contribution in [0.3, 0.4) is 0 Å².